The molecule has 0 atom stereocenters. The normalized spacial score (nSPS) is 10.9. The van der Waals surface area contributed by atoms with E-state index in [0.29, 0.717) is 10.6 Å². The molecule has 0 radical (unpaired) electrons. The van der Waals surface area contributed by atoms with Gasteiger partial charge in [-0.2, -0.15) is 5.10 Å². The standard InChI is InChI=1S/C17H17ClN2O/c1-11-8-9-14(13(3)12(11)2)10-19-20-17(21)15-6-4-5-7-16(15)18/h4-10H,1-3H3,(H,20,21)/b19-10-. The second-order valence-corrected chi connectivity index (χ2v) is 5.31. The lowest BCUT2D eigenvalue weighted by Crippen LogP contribution is -2.18. The minimum absolute atomic E-state index is 0.321. The van der Waals surface area contributed by atoms with E-state index in [1.807, 2.05) is 19.1 Å². The van der Waals surface area contributed by atoms with Crippen LogP contribution in [0, 0.1) is 20.8 Å². The number of benzene rings is 2. The summed E-state index contributed by atoms with van der Waals surface area (Å²) in [5, 5.41) is 4.42. The first-order valence-electron chi connectivity index (χ1n) is 6.65. The number of rotatable bonds is 3. The van der Waals surface area contributed by atoms with Crippen molar-refractivity contribution in [3.8, 4) is 0 Å². The zero-order valence-corrected chi connectivity index (χ0v) is 13.0. The highest BCUT2D eigenvalue weighted by molar-refractivity contribution is 6.33. The number of halogens is 1. The van der Waals surface area contributed by atoms with Crippen molar-refractivity contribution in [1.29, 1.82) is 0 Å². The second kappa shape index (κ2) is 6.55. The van der Waals surface area contributed by atoms with E-state index < -0.39 is 0 Å². The highest BCUT2D eigenvalue weighted by Crippen LogP contribution is 2.16. The molecule has 2 rings (SSSR count). The van der Waals surface area contributed by atoms with Crippen molar-refractivity contribution in [3.05, 3.63) is 69.2 Å². The molecule has 4 heteroatoms. The second-order valence-electron chi connectivity index (χ2n) is 4.90. The summed E-state index contributed by atoms with van der Waals surface area (Å²) in [6, 6.07) is 10.9. The lowest BCUT2D eigenvalue weighted by Gasteiger charge is -2.07. The molecule has 0 aliphatic carbocycles. The lowest BCUT2D eigenvalue weighted by atomic mass is 10.00. The van der Waals surface area contributed by atoms with Gasteiger partial charge in [0.25, 0.3) is 5.91 Å². The van der Waals surface area contributed by atoms with Crippen molar-refractivity contribution in [2.45, 2.75) is 20.8 Å². The van der Waals surface area contributed by atoms with Gasteiger partial charge in [-0.15, -0.1) is 0 Å². The van der Waals surface area contributed by atoms with E-state index in [1.165, 1.54) is 11.1 Å². The molecule has 0 spiro atoms. The summed E-state index contributed by atoms with van der Waals surface area (Å²) >= 11 is 5.97. The Hall–Kier alpha value is -2.13. The SMILES string of the molecule is Cc1ccc(/C=N\NC(=O)c2ccccc2Cl)c(C)c1C. The van der Waals surface area contributed by atoms with Gasteiger partial charge in [0.2, 0.25) is 0 Å². The molecule has 2 aromatic carbocycles. The van der Waals surface area contributed by atoms with Gasteiger partial charge in [0.05, 0.1) is 16.8 Å². The molecule has 0 aromatic heterocycles. The third kappa shape index (κ3) is 3.50. The Bertz CT molecular complexity index is 708. The fourth-order valence-electron chi connectivity index (χ4n) is 1.98. The molecule has 108 valence electrons. The van der Waals surface area contributed by atoms with Crippen LogP contribution < -0.4 is 5.43 Å². The molecule has 21 heavy (non-hydrogen) atoms. The van der Waals surface area contributed by atoms with Crippen molar-refractivity contribution in [1.82, 2.24) is 5.43 Å². The maximum absolute atomic E-state index is 12.0. The summed E-state index contributed by atoms with van der Waals surface area (Å²) in [6.07, 6.45) is 1.65. The summed E-state index contributed by atoms with van der Waals surface area (Å²) in [5.74, 6) is -0.321. The first-order chi connectivity index (χ1) is 10.0. The number of amides is 1. The van der Waals surface area contributed by atoms with E-state index in [-0.39, 0.29) is 5.91 Å². The van der Waals surface area contributed by atoms with Gasteiger partial charge in [0.1, 0.15) is 0 Å². The minimum atomic E-state index is -0.321. The van der Waals surface area contributed by atoms with Crippen molar-refractivity contribution < 1.29 is 4.79 Å². The van der Waals surface area contributed by atoms with E-state index >= 15 is 0 Å². The van der Waals surface area contributed by atoms with E-state index in [2.05, 4.69) is 24.4 Å². The summed E-state index contributed by atoms with van der Waals surface area (Å²) in [5.41, 5.74) is 7.52. The van der Waals surface area contributed by atoms with Gasteiger partial charge < -0.3 is 0 Å². The average Bonchev–Trinajstić information content (AvgIpc) is 2.47. The van der Waals surface area contributed by atoms with Crippen LogP contribution >= 0.6 is 11.6 Å². The van der Waals surface area contributed by atoms with Gasteiger partial charge in [0, 0.05) is 0 Å². The van der Waals surface area contributed by atoms with Gasteiger partial charge in [-0.25, -0.2) is 5.43 Å². The molecule has 0 saturated carbocycles. The molecule has 1 N–H and O–H groups in total. The number of nitrogens with one attached hydrogen (secondary N) is 1. The fourth-order valence-corrected chi connectivity index (χ4v) is 2.20. The molecule has 0 bridgehead atoms. The third-order valence-corrected chi connectivity index (χ3v) is 3.92. The Morgan fingerprint density at radius 2 is 1.81 bits per heavy atom. The van der Waals surface area contributed by atoms with Crippen LogP contribution in [-0.4, -0.2) is 12.1 Å². The smallest absolute Gasteiger partial charge is 0.267 e. The molecule has 0 fully saturated rings. The average molecular weight is 301 g/mol. The zero-order chi connectivity index (χ0) is 15.4. The largest absolute Gasteiger partial charge is 0.272 e. The predicted molar refractivity (Wildman–Crippen MR) is 87.2 cm³/mol. The topological polar surface area (TPSA) is 41.5 Å². The number of hydrazone groups is 1. The highest BCUT2D eigenvalue weighted by atomic mass is 35.5. The minimum Gasteiger partial charge on any atom is -0.267 e. The molecule has 3 nitrogen and oxygen atoms in total. The highest BCUT2D eigenvalue weighted by Gasteiger charge is 2.08. The predicted octanol–water partition coefficient (Wildman–Crippen LogP) is 4.03. The van der Waals surface area contributed by atoms with Crippen LogP contribution in [0.1, 0.15) is 32.6 Å². The number of aryl methyl sites for hydroxylation is 1. The molecule has 0 heterocycles. The number of hydrogen-bond acceptors (Lipinski definition) is 2. The van der Waals surface area contributed by atoms with Crippen molar-refractivity contribution >= 4 is 23.7 Å². The molecule has 0 aliphatic rings. The van der Waals surface area contributed by atoms with Crippen LogP contribution in [0.5, 0.6) is 0 Å². The van der Waals surface area contributed by atoms with Gasteiger partial charge in [-0.05, 0) is 55.2 Å². The molecular weight excluding hydrogens is 284 g/mol. The van der Waals surface area contributed by atoms with Crippen LogP contribution in [-0.2, 0) is 0 Å². The van der Waals surface area contributed by atoms with Gasteiger partial charge in [0.15, 0.2) is 0 Å². The maximum atomic E-state index is 12.0. The van der Waals surface area contributed by atoms with Crippen LogP contribution in [0.25, 0.3) is 0 Å². The number of carbonyl (C=O) groups is 1. The summed E-state index contributed by atoms with van der Waals surface area (Å²) in [7, 11) is 0. The monoisotopic (exact) mass is 300 g/mol. The van der Waals surface area contributed by atoms with Crippen molar-refractivity contribution in [2.24, 2.45) is 5.10 Å². The van der Waals surface area contributed by atoms with E-state index in [9.17, 15) is 4.79 Å². The van der Waals surface area contributed by atoms with Crippen LogP contribution in [0.4, 0.5) is 0 Å². The Labute approximate surface area is 129 Å². The Balaban J connectivity index is 2.12. The maximum Gasteiger partial charge on any atom is 0.272 e. The van der Waals surface area contributed by atoms with E-state index in [4.69, 9.17) is 11.6 Å². The van der Waals surface area contributed by atoms with Gasteiger partial charge in [-0.3, -0.25) is 4.79 Å². The third-order valence-electron chi connectivity index (χ3n) is 3.59. The molecule has 2 aromatic rings. The first kappa shape index (κ1) is 15.3. The summed E-state index contributed by atoms with van der Waals surface area (Å²) in [6.45, 7) is 6.19. The Morgan fingerprint density at radius 1 is 1.10 bits per heavy atom. The lowest BCUT2D eigenvalue weighted by molar-refractivity contribution is 0.0955. The van der Waals surface area contributed by atoms with Crippen LogP contribution in [0.15, 0.2) is 41.5 Å². The van der Waals surface area contributed by atoms with Crippen molar-refractivity contribution in [3.63, 3.8) is 0 Å². The Morgan fingerprint density at radius 3 is 2.52 bits per heavy atom. The van der Waals surface area contributed by atoms with Gasteiger partial charge >= 0.3 is 0 Å². The number of nitrogens with zero attached hydrogens (tertiary/aromatic N) is 1. The van der Waals surface area contributed by atoms with E-state index in [1.54, 1.807) is 30.5 Å². The molecular formula is C17H17ClN2O. The van der Waals surface area contributed by atoms with Crippen molar-refractivity contribution in [2.75, 3.05) is 0 Å². The molecule has 0 unspecified atom stereocenters. The number of hydrogen-bond donors (Lipinski definition) is 1. The van der Waals surface area contributed by atoms with Crippen LogP contribution in [0.2, 0.25) is 5.02 Å². The molecule has 0 saturated heterocycles. The Kier molecular flexibility index (Phi) is 4.76. The first-order valence-corrected chi connectivity index (χ1v) is 7.03. The molecule has 0 aliphatic heterocycles. The van der Waals surface area contributed by atoms with E-state index in [0.717, 1.165) is 11.1 Å². The quantitative estimate of drug-likeness (QED) is 0.675. The number of carbonyl (C=O) groups excluding carboxylic acids is 1. The molecule has 1 amide bonds. The van der Waals surface area contributed by atoms with Gasteiger partial charge in [-0.1, -0.05) is 35.9 Å². The fraction of sp³-hybridized carbons (Fsp3) is 0.176. The summed E-state index contributed by atoms with van der Waals surface area (Å²) < 4.78 is 0. The zero-order valence-electron chi connectivity index (χ0n) is 12.3. The summed E-state index contributed by atoms with van der Waals surface area (Å²) in [4.78, 5) is 12.0. The van der Waals surface area contributed by atoms with Crippen LogP contribution in [0.3, 0.4) is 0 Å².